The molecule has 2 rings (SSSR count). The molecule has 0 bridgehead atoms. The van der Waals surface area contributed by atoms with E-state index in [-0.39, 0.29) is 22.7 Å². The quantitative estimate of drug-likeness (QED) is 0.837. The molecule has 1 aliphatic rings. The number of amides is 2. The minimum atomic E-state index is -0.552. The fourth-order valence-electron chi connectivity index (χ4n) is 2.06. The fraction of sp³-hybridized carbons (Fsp3) is 0.429. The molecule has 1 atom stereocenters. The summed E-state index contributed by atoms with van der Waals surface area (Å²) in [6.45, 7) is 1.21. The zero-order valence-corrected chi connectivity index (χ0v) is 12.4. The van der Waals surface area contributed by atoms with Crippen molar-refractivity contribution in [1.29, 1.82) is 0 Å². The summed E-state index contributed by atoms with van der Waals surface area (Å²) in [7, 11) is 1.27. The van der Waals surface area contributed by atoms with Crippen molar-refractivity contribution < 1.29 is 19.1 Å². The molecule has 0 aromatic heterocycles. The van der Waals surface area contributed by atoms with Crippen LogP contribution in [0.1, 0.15) is 23.2 Å². The highest BCUT2D eigenvalue weighted by Gasteiger charge is 2.16. The van der Waals surface area contributed by atoms with Gasteiger partial charge in [-0.1, -0.05) is 11.6 Å². The van der Waals surface area contributed by atoms with Gasteiger partial charge in [-0.3, -0.25) is 0 Å². The fourth-order valence-corrected chi connectivity index (χ4v) is 2.25. The summed E-state index contributed by atoms with van der Waals surface area (Å²) in [6, 6.07) is 4.26. The minimum absolute atomic E-state index is 0.0756. The van der Waals surface area contributed by atoms with Crippen molar-refractivity contribution in [3.63, 3.8) is 0 Å². The van der Waals surface area contributed by atoms with E-state index in [0.29, 0.717) is 12.2 Å². The van der Waals surface area contributed by atoms with Crippen LogP contribution in [0, 0.1) is 0 Å². The summed E-state index contributed by atoms with van der Waals surface area (Å²) < 4.78 is 10.0. The van der Waals surface area contributed by atoms with E-state index in [9.17, 15) is 9.59 Å². The zero-order valence-electron chi connectivity index (χ0n) is 11.6. The Kier molecular flexibility index (Phi) is 5.41. The zero-order chi connectivity index (χ0) is 15.2. The number of hydrogen-bond acceptors (Lipinski definition) is 4. The van der Waals surface area contributed by atoms with Gasteiger partial charge in [0.25, 0.3) is 0 Å². The van der Waals surface area contributed by atoms with Crippen molar-refractivity contribution in [2.24, 2.45) is 0 Å². The predicted octanol–water partition coefficient (Wildman–Crippen LogP) is 2.43. The van der Waals surface area contributed by atoms with Crippen LogP contribution in [0.3, 0.4) is 0 Å². The van der Waals surface area contributed by atoms with Gasteiger partial charge in [0.1, 0.15) is 0 Å². The molecule has 1 heterocycles. The van der Waals surface area contributed by atoms with Crippen molar-refractivity contribution in [2.75, 3.05) is 25.6 Å². The molecule has 1 unspecified atom stereocenters. The Balaban J connectivity index is 1.92. The van der Waals surface area contributed by atoms with Gasteiger partial charge >= 0.3 is 12.0 Å². The summed E-state index contributed by atoms with van der Waals surface area (Å²) in [5.41, 5.74) is 0.667. The number of urea groups is 1. The number of esters is 1. The topological polar surface area (TPSA) is 76.7 Å². The van der Waals surface area contributed by atoms with Crippen LogP contribution in [0.2, 0.25) is 5.02 Å². The van der Waals surface area contributed by atoms with Crippen LogP contribution in [0.5, 0.6) is 0 Å². The summed E-state index contributed by atoms with van der Waals surface area (Å²) in [6.07, 6.45) is 2.05. The lowest BCUT2D eigenvalue weighted by Crippen LogP contribution is -2.35. The summed E-state index contributed by atoms with van der Waals surface area (Å²) in [5, 5.41) is 5.64. The van der Waals surface area contributed by atoms with Gasteiger partial charge < -0.3 is 20.1 Å². The number of nitrogens with one attached hydrogen (secondary N) is 2. The Morgan fingerprint density at radius 3 is 2.95 bits per heavy atom. The number of hydrogen-bond donors (Lipinski definition) is 2. The Morgan fingerprint density at radius 2 is 2.29 bits per heavy atom. The van der Waals surface area contributed by atoms with Crippen LogP contribution >= 0.6 is 11.6 Å². The monoisotopic (exact) mass is 312 g/mol. The van der Waals surface area contributed by atoms with E-state index in [2.05, 4.69) is 15.4 Å². The minimum Gasteiger partial charge on any atom is -0.465 e. The molecule has 2 amide bonds. The number of carbonyl (C=O) groups is 2. The maximum absolute atomic E-state index is 11.8. The SMILES string of the molecule is COC(=O)c1cc(NC(=O)NCC2CCCO2)ccc1Cl. The number of methoxy groups -OCH3 is 1. The van der Waals surface area contributed by atoms with E-state index in [1.807, 2.05) is 0 Å². The van der Waals surface area contributed by atoms with Gasteiger partial charge in [-0.25, -0.2) is 9.59 Å². The van der Waals surface area contributed by atoms with E-state index in [1.54, 1.807) is 6.07 Å². The predicted molar refractivity (Wildman–Crippen MR) is 78.8 cm³/mol. The largest absolute Gasteiger partial charge is 0.465 e. The molecule has 1 aliphatic heterocycles. The third-order valence-corrected chi connectivity index (χ3v) is 3.47. The average Bonchev–Trinajstić information content (AvgIpc) is 2.99. The third-order valence-electron chi connectivity index (χ3n) is 3.14. The van der Waals surface area contributed by atoms with Gasteiger partial charge in [-0.15, -0.1) is 0 Å². The number of rotatable bonds is 4. The van der Waals surface area contributed by atoms with E-state index in [4.69, 9.17) is 16.3 Å². The van der Waals surface area contributed by atoms with Crippen molar-refractivity contribution in [1.82, 2.24) is 5.32 Å². The van der Waals surface area contributed by atoms with Crippen LogP contribution in [0.25, 0.3) is 0 Å². The highest BCUT2D eigenvalue weighted by atomic mass is 35.5. The maximum Gasteiger partial charge on any atom is 0.339 e. The highest BCUT2D eigenvalue weighted by molar-refractivity contribution is 6.33. The molecule has 21 heavy (non-hydrogen) atoms. The molecule has 0 spiro atoms. The lowest BCUT2D eigenvalue weighted by molar-refractivity contribution is 0.0601. The standard InChI is InChI=1S/C14H17ClN2O4/c1-20-13(18)11-7-9(4-5-12(11)15)17-14(19)16-8-10-3-2-6-21-10/h4-5,7,10H,2-3,6,8H2,1H3,(H2,16,17,19). The van der Waals surface area contributed by atoms with E-state index in [1.165, 1.54) is 19.2 Å². The second-order valence-corrected chi connectivity index (χ2v) is 5.06. The van der Waals surface area contributed by atoms with Crippen molar-refractivity contribution in [2.45, 2.75) is 18.9 Å². The van der Waals surface area contributed by atoms with Gasteiger partial charge in [0.2, 0.25) is 0 Å². The summed E-state index contributed by atoms with van der Waals surface area (Å²) in [4.78, 5) is 23.3. The number of ether oxygens (including phenoxy) is 2. The summed E-state index contributed by atoms with van der Waals surface area (Å²) >= 11 is 5.91. The number of benzene rings is 1. The van der Waals surface area contributed by atoms with Gasteiger partial charge in [-0.05, 0) is 31.0 Å². The first-order valence-electron chi connectivity index (χ1n) is 6.64. The van der Waals surface area contributed by atoms with Gasteiger partial charge in [0, 0.05) is 18.8 Å². The number of carbonyl (C=O) groups excluding carboxylic acids is 2. The molecule has 1 fully saturated rings. The lowest BCUT2D eigenvalue weighted by Gasteiger charge is -2.12. The highest BCUT2D eigenvalue weighted by Crippen LogP contribution is 2.21. The van der Waals surface area contributed by atoms with E-state index in [0.717, 1.165) is 19.4 Å². The molecular formula is C14H17ClN2O4. The van der Waals surface area contributed by atoms with Crippen LogP contribution < -0.4 is 10.6 Å². The smallest absolute Gasteiger partial charge is 0.339 e. The molecular weight excluding hydrogens is 296 g/mol. The van der Waals surface area contributed by atoms with Gasteiger partial charge in [-0.2, -0.15) is 0 Å². The Morgan fingerprint density at radius 1 is 1.48 bits per heavy atom. The van der Waals surface area contributed by atoms with Crippen LogP contribution in [-0.2, 0) is 9.47 Å². The third kappa shape index (κ3) is 4.34. The molecule has 1 aromatic carbocycles. The molecule has 2 N–H and O–H groups in total. The van der Waals surface area contributed by atoms with E-state index >= 15 is 0 Å². The Hall–Kier alpha value is -1.79. The first kappa shape index (κ1) is 15.6. The Bertz CT molecular complexity index is 530. The molecule has 0 aliphatic carbocycles. The second-order valence-electron chi connectivity index (χ2n) is 4.66. The van der Waals surface area contributed by atoms with E-state index < -0.39 is 5.97 Å². The molecule has 114 valence electrons. The number of halogens is 1. The average molecular weight is 313 g/mol. The molecule has 0 saturated carbocycles. The van der Waals surface area contributed by atoms with Gasteiger partial charge in [0.05, 0.1) is 23.8 Å². The van der Waals surface area contributed by atoms with Crippen molar-refractivity contribution >= 4 is 29.3 Å². The molecule has 1 aromatic rings. The van der Waals surface area contributed by atoms with Crippen LogP contribution in [0.15, 0.2) is 18.2 Å². The normalized spacial score (nSPS) is 17.3. The Labute approximate surface area is 127 Å². The van der Waals surface area contributed by atoms with Crippen molar-refractivity contribution in [3.05, 3.63) is 28.8 Å². The molecule has 1 saturated heterocycles. The van der Waals surface area contributed by atoms with Crippen LogP contribution in [0.4, 0.5) is 10.5 Å². The molecule has 7 heteroatoms. The molecule has 6 nitrogen and oxygen atoms in total. The number of anilines is 1. The van der Waals surface area contributed by atoms with Gasteiger partial charge in [0.15, 0.2) is 0 Å². The second kappa shape index (κ2) is 7.28. The first-order valence-corrected chi connectivity index (χ1v) is 7.02. The van der Waals surface area contributed by atoms with Crippen LogP contribution in [-0.4, -0.2) is 38.4 Å². The summed E-state index contributed by atoms with van der Waals surface area (Å²) in [5.74, 6) is -0.552. The first-order chi connectivity index (χ1) is 10.1. The molecule has 0 radical (unpaired) electrons. The lowest BCUT2D eigenvalue weighted by atomic mass is 10.2. The van der Waals surface area contributed by atoms with Crippen molar-refractivity contribution in [3.8, 4) is 0 Å². The maximum atomic E-state index is 11.8.